The lowest BCUT2D eigenvalue weighted by Crippen LogP contribution is -2.34. The van der Waals surface area contributed by atoms with Crippen molar-refractivity contribution in [1.82, 2.24) is 4.90 Å². The summed E-state index contributed by atoms with van der Waals surface area (Å²) in [5, 5.41) is 0. The molecular weight excluding hydrogens is 480 g/mol. The van der Waals surface area contributed by atoms with Crippen LogP contribution >= 0.6 is 0 Å². The number of hydrogen-bond donors (Lipinski definition) is 0. The molecule has 0 bridgehead atoms. The Hall–Kier alpha value is -3.55. The van der Waals surface area contributed by atoms with E-state index in [0.717, 1.165) is 17.7 Å². The SMILES string of the molecule is C=C.O=C(c1ccccc1)N1C[C@H](c2ccccc2)[C@H](c2ccc(C(C(F)(F)F)C(F)(F)F)cc2)C1. The summed E-state index contributed by atoms with van der Waals surface area (Å²) in [6, 6.07) is 22.5. The number of carbonyl (C=O) groups excluding carboxylic acids is 1. The van der Waals surface area contributed by atoms with E-state index in [1.807, 2.05) is 30.3 Å². The molecule has 0 aliphatic carbocycles. The third-order valence-electron chi connectivity index (χ3n) is 6.21. The molecule has 2 atom stereocenters. The smallest absolute Gasteiger partial charge is 0.337 e. The number of nitrogens with zero attached hydrogens (tertiary/aromatic N) is 1. The summed E-state index contributed by atoms with van der Waals surface area (Å²) in [6.45, 7) is 6.69. The third-order valence-corrected chi connectivity index (χ3v) is 6.21. The second-order valence-electron chi connectivity index (χ2n) is 8.38. The van der Waals surface area contributed by atoms with Crippen molar-refractivity contribution >= 4 is 5.91 Å². The number of benzene rings is 3. The molecule has 3 aromatic carbocycles. The molecule has 1 amide bonds. The molecule has 1 fully saturated rings. The van der Waals surface area contributed by atoms with Crippen LogP contribution in [0.4, 0.5) is 26.3 Å². The van der Waals surface area contributed by atoms with E-state index in [1.54, 1.807) is 35.2 Å². The molecule has 0 N–H and O–H groups in total. The van der Waals surface area contributed by atoms with Crippen molar-refractivity contribution in [2.24, 2.45) is 0 Å². The average Bonchev–Trinajstić information content (AvgIpc) is 3.30. The van der Waals surface area contributed by atoms with Gasteiger partial charge in [0.1, 0.15) is 0 Å². The molecule has 36 heavy (non-hydrogen) atoms. The Morgan fingerprint density at radius 2 is 1.11 bits per heavy atom. The maximum absolute atomic E-state index is 13.1. The van der Waals surface area contributed by atoms with Crippen molar-refractivity contribution in [3.63, 3.8) is 0 Å². The normalized spacial score (nSPS) is 18.0. The highest BCUT2D eigenvalue weighted by Crippen LogP contribution is 2.47. The van der Waals surface area contributed by atoms with Crippen molar-refractivity contribution in [3.05, 3.63) is 120 Å². The first-order chi connectivity index (χ1) is 17.1. The maximum Gasteiger partial charge on any atom is 0.404 e. The fourth-order valence-electron chi connectivity index (χ4n) is 4.61. The molecular formula is C28H25F6NO. The van der Waals surface area contributed by atoms with Gasteiger partial charge in [-0.2, -0.15) is 26.3 Å². The fourth-order valence-corrected chi connectivity index (χ4v) is 4.61. The third kappa shape index (κ3) is 5.98. The van der Waals surface area contributed by atoms with E-state index in [4.69, 9.17) is 0 Å². The van der Waals surface area contributed by atoms with E-state index < -0.39 is 23.8 Å². The van der Waals surface area contributed by atoms with Crippen LogP contribution in [0, 0.1) is 0 Å². The first-order valence-electron chi connectivity index (χ1n) is 11.2. The molecule has 1 aliphatic rings. The molecule has 190 valence electrons. The quantitative estimate of drug-likeness (QED) is 0.263. The second kappa shape index (κ2) is 11.0. The van der Waals surface area contributed by atoms with Gasteiger partial charge in [0.05, 0.1) is 0 Å². The molecule has 8 heteroatoms. The van der Waals surface area contributed by atoms with E-state index >= 15 is 0 Å². The van der Waals surface area contributed by atoms with E-state index in [-0.39, 0.29) is 17.7 Å². The van der Waals surface area contributed by atoms with Crippen LogP contribution in [0.2, 0.25) is 0 Å². The lowest BCUT2D eigenvalue weighted by atomic mass is 9.83. The molecule has 2 nitrogen and oxygen atoms in total. The van der Waals surface area contributed by atoms with E-state index in [9.17, 15) is 31.1 Å². The van der Waals surface area contributed by atoms with Gasteiger partial charge in [-0.05, 0) is 28.8 Å². The molecule has 1 saturated heterocycles. The molecule has 0 saturated carbocycles. The summed E-state index contributed by atoms with van der Waals surface area (Å²) in [4.78, 5) is 14.7. The van der Waals surface area contributed by atoms with Gasteiger partial charge < -0.3 is 4.90 Å². The van der Waals surface area contributed by atoms with E-state index in [1.165, 1.54) is 12.1 Å². The highest BCUT2D eigenvalue weighted by atomic mass is 19.4. The minimum absolute atomic E-state index is 0.152. The molecule has 3 aromatic rings. The Bertz CT molecular complexity index is 1110. The maximum atomic E-state index is 13.1. The monoisotopic (exact) mass is 505 g/mol. The van der Waals surface area contributed by atoms with Crippen LogP contribution in [0.3, 0.4) is 0 Å². The zero-order valence-corrected chi connectivity index (χ0v) is 19.3. The standard InChI is InChI=1S/C26H21F6NO.C2H4/c27-25(28,29)23(26(30,31)32)19-13-11-18(12-14-19)22-16-33(24(34)20-9-5-2-6-10-20)15-21(22)17-7-3-1-4-8-17;1-2/h1-14,21-23H,15-16H2;1-2H2/t21-,22+;/m1./s1. The number of alkyl halides is 6. The Morgan fingerprint density at radius 1 is 0.694 bits per heavy atom. The Labute approximate surface area is 205 Å². The highest BCUT2D eigenvalue weighted by molar-refractivity contribution is 5.94. The number of amides is 1. The Morgan fingerprint density at radius 3 is 1.56 bits per heavy atom. The van der Waals surface area contributed by atoms with Crippen LogP contribution in [0.25, 0.3) is 0 Å². The van der Waals surface area contributed by atoms with Crippen LogP contribution in [0.5, 0.6) is 0 Å². The minimum Gasteiger partial charge on any atom is -0.337 e. The predicted octanol–water partition coefficient (Wildman–Crippen LogP) is 7.72. The number of carbonyl (C=O) groups is 1. The summed E-state index contributed by atoms with van der Waals surface area (Å²) in [6.07, 6.45) is -10.9. The average molecular weight is 506 g/mol. The van der Waals surface area contributed by atoms with Crippen molar-refractivity contribution in [3.8, 4) is 0 Å². The molecule has 0 spiro atoms. The largest absolute Gasteiger partial charge is 0.404 e. The number of likely N-dealkylation sites (tertiary alicyclic amines) is 1. The number of rotatable bonds is 4. The van der Waals surface area contributed by atoms with Gasteiger partial charge in [0.2, 0.25) is 0 Å². The van der Waals surface area contributed by atoms with Crippen molar-refractivity contribution in [1.29, 1.82) is 0 Å². The molecule has 1 heterocycles. The second-order valence-corrected chi connectivity index (χ2v) is 8.38. The van der Waals surface area contributed by atoms with Gasteiger partial charge in [0.25, 0.3) is 5.91 Å². The molecule has 1 aliphatic heterocycles. The lowest BCUT2D eigenvalue weighted by Gasteiger charge is -2.24. The summed E-state index contributed by atoms with van der Waals surface area (Å²) in [7, 11) is 0. The lowest BCUT2D eigenvalue weighted by molar-refractivity contribution is -0.253. The van der Waals surface area contributed by atoms with Gasteiger partial charge in [-0.25, -0.2) is 0 Å². The van der Waals surface area contributed by atoms with Crippen LogP contribution in [0.15, 0.2) is 98.1 Å². The Balaban J connectivity index is 0.00000176. The van der Waals surface area contributed by atoms with Crippen molar-refractivity contribution in [2.75, 3.05) is 13.1 Å². The summed E-state index contributed by atoms with van der Waals surface area (Å²) in [5.41, 5.74) is 1.20. The van der Waals surface area contributed by atoms with E-state index in [0.29, 0.717) is 24.2 Å². The van der Waals surface area contributed by atoms with Crippen LogP contribution in [0.1, 0.15) is 44.8 Å². The zero-order chi connectivity index (χ0) is 26.5. The zero-order valence-electron chi connectivity index (χ0n) is 19.3. The predicted molar refractivity (Wildman–Crippen MR) is 127 cm³/mol. The fraction of sp³-hybridized carbons (Fsp3) is 0.250. The van der Waals surface area contributed by atoms with Crippen LogP contribution < -0.4 is 0 Å². The van der Waals surface area contributed by atoms with Crippen molar-refractivity contribution in [2.45, 2.75) is 30.1 Å². The topological polar surface area (TPSA) is 20.3 Å². The molecule has 4 rings (SSSR count). The van der Waals surface area contributed by atoms with Gasteiger partial charge >= 0.3 is 12.4 Å². The first-order valence-corrected chi connectivity index (χ1v) is 11.2. The minimum atomic E-state index is -5.45. The molecule has 0 aromatic heterocycles. The van der Waals surface area contributed by atoms with Gasteiger partial charge in [-0.15, -0.1) is 13.2 Å². The number of halogens is 6. The first kappa shape index (κ1) is 27.0. The van der Waals surface area contributed by atoms with Gasteiger partial charge in [-0.3, -0.25) is 4.79 Å². The summed E-state index contributed by atoms with van der Waals surface area (Å²) < 4.78 is 78.7. The molecule has 0 radical (unpaired) electrons. The van der Waals surface area contributed by atoms with Gasteiger partial charge in [0, 0.05) is 30.5 Å². The van der Waals surface area contributed by atoms with Crippen LogP contribution in [-0.4, -0.2) is 36.2 Å². The Kier molecular flexibility index (Phi) is 8.28. The van der Waals surface area contributed by atoms with Crippen LogP contribution in [-0.2, 0) is 0 Å². The summed E-state index contributed by atoms with van der Waals surface area (Å²) >= 11 is 0. The number of hydrogen-bond acceptors (Lipinski definition) is 1. The highest BCUT2D eigenvalue weighted by Gasteiger charge is 2.57. The van der Waals surface area contributed by atoms with Crippen molar-refractivity contribution < 1.29 is 31.1 Å². The summed E-state index contributed by atoms with van der Waals surface area (Å²) in [5.74, 6) is -4.14. The van der Waals surface area contributed by atoms with E-state index in [2.05, 4.69) is 13.2 Å². The van der Waals surface area contributed by atoms with Gasteiger partial charge in [-0.1, -0.05) is 72.8 Å². The van der Waals surface area contributed by atoms with Gasteiger partial charge in [0.15, 0.2) is 5.92 Å². The molecule has 0 unspecified atom stereocenters.